The zero-order valence-corrected chi connectivity index (χ0v) is 12.0. The largest absolute Gasteiger partial charge is 0.379 e. The van der Waals surface area contributed by atoms with E-state index in [4.69, 9.17) is 9.47 Å². The van der Waals surface area contributed by atoms with Crippen molar-refractivity contribution in [2.75, 3.05) is 59.2 Å². The van der Waals surface area contributed by atoms with Gasteiger partial charge in [0, 0.05) is 44.2 Å². The molecule has 3 heterocycles. The zero-order chi connectivity index (χ0) is 13.8. The molecule has 0 saturated carbocycles. The Bertz CT molecular complexity index is 294. The molecule has 0 aromatic carbocycles. The van der Waals surface area contributed by atoms with Crippen molar-refractivity contribution >= 4 is 0 Å². The van der Waals surface area contributed by atoms with Crippen LogP contribution in [0.25, 0.3) is 0 Å². The van der Waals surface area contributed by atoms with Crippen molar-refractivity contribution in [1.29, 1.82) is 0 Å². The molecule has 3 aliphatic heterocycles. The van der Waals surface area contributed by atoms with E-state index < -0.39 is 6.67 Å². The summed E-state index contributed by atoms with van der Waals surface area (Å²) < 4.78 is 23.7. The van der Waals surface area contributed by atoms with Crippen LogP contribution in [-0.2, 0) is 9.47 Å². The molecule has 116 valence electrons. The lowest BCUT2D eigenvalue weighted by molar-refractivity contribution is -0.0498. The fourth-order valence-corrected chi connectivity index (χ4v) is 3.66. The van der Waals surface area contributed by atoms with Gasteiger partial charge in [0.25, 0.3) is 0 Å². The molecular weight excluding hydrogens is 261 g/mol. The summed E-state index contributed by atoms with van der Waals surface area (Å²) >= 11 is 0. The van der Waals surface area contributed by atoms with E-state index in [0.717, 1.165) is 39.4 Å². The molecule has 0 aliphatic carbocycles. The summed E-state index contributed by atoms with van der Waals surface area (Å²) in [7, 11) is 0. The molecule has 4 unspecified atom stereocenters. The van der Waals surface area contributed by atoms with Gasteiger partial charge in [-0.25, -0.2) is 4.39 Å². The van der Waals surface area contributed by atoms with Crippen LogP contribution in [0.15, 0.2) is 0 Å². The Morgan fingerprint density at radius 1 is 1.20 bits per heavy atom. The van der Waals surface area contributed by atoms with E-state index in [-0.39, 0.29) is 6.10 Å². The monoisotopic (exact) mass is 287 g/mol. The number of halogens is 1. The number of ether oxygens (including phenoxy) is 2. The van der Waals surface area contributed by atoms with Crippen LogP contribution in [0.1, 0.15) is 6.42 Å². The summed E-state index contributed by atoms with van der Waals surface area (Å²) in [4.78, 5) is 2.57. The summed E-state index contributed by atoms with van der Waals surface area (Å²) in [6.45, 7) is 6.71. The SMILES string of the molecule is FCC1CNC(C2CNCCC2N2CCOCC2)CO1. The Morgan fingerprint density at radius 2 is 2.05 bits per heavy atom. The maximum atomic E-state index is 12.6. The lowest BCUT2D eigenvalue weighted by Gasteiger charge is -2.46. The Morgan fingerprint density at radius 3 is 2.75 bits per heavy atom. The van der Waals surface area contributed by atoms with Crippen molar-refractivity contribution < 1.29 is 13.9 Å². The van der Waals surface area contributed by atoms with Gasteiger partial charge in [0.05, 0.1) is 25.9 Å². The highest BCUT2D eigenvalue weighted by molar-refractivity contribution is 4.94. The summed E-state index contributed by atoms with van der Waals surface area (Å²) in [5.41, 5.74) is 0. The molecular formula is C14H26FN3O2. The van der Waals surface area contributed by atoms with Gasteiger partial charge in [-0.2, -0.15) is 0 Å². The molecule has 2 N–H and O–H groups in total. The summed E-state index contributed by atoms with van der Waals surface area (Å²) in [5, 5.41) is 6.99. The van der Waals surface area contributed by atoms with Crippen LogP contribution in [-0.4, -0.2) is 82.3 Å². The van der Waals surface area contributed by atoms with Gasteiger partial charge in [0.15, 0.2) is 0 Å². The van der Waals surface area contributed by atoms with Crippen molar-refractivity contribution in [3.63, 3.8) is 0 Å². The topological polar surface area (TPSA) is 45.8 Å². The van der Waals surface area contributed by atoms with Gasteiger partial charge in [-0.1, -0.05) is 0 Å². The minimum absolute atomic E-state index is 0.260. The predicted molar refractivity (Wildman–Crippen MR) is 74.7 cm³/mol. The van der Waals surface area contributed by atoms with Crippen molar-refractivity contribution in [3.05, 3.63) is 0 Å². The normalized spacial score (nSPS) is 40.6. The number of nitrogens with zero attached hydrogens (tertiary/aromatic N) is 1. The van der Waals surface area contributed by atoms with Gasteiger partial charge >= 0.3 is 0 Å². The first-order valence-corrected chi connectivity index (χ1v) is 7.82. The molecule has 20 heavy (non-hydrogen) atoms. The first kappa shape index (κ1) is 14.7. The van der Waals surface area contributed by atoms with Gasteiger partial charge in [0.1, 0.15) is 6.67 Å². The Hall–Kier alpha value is -0.270. The molecule has 0 amide bonds. The molecule has 0 aromatic rings. The van der Waals surface area contributed by atoms with Crippen molar-refractivity contribution in [1.82, 2.24) is 15.5 Å². The highest BCUT2D eigenvalue weighted by Gasteiger charge is 2.37. The second-order valence-corrected chi connectivity index (χ2v) is 6.00. The Balaban J connectivity index is 1.60. The second kappa shape index (κ2) is 7.13. The molecule has 3 aliphatic rings. The lowest BCUT2D eigenvalue weighted by atomic mass is 9.85. The number of morpholine rings is 2. The summed E-state index contributed by atoms with van der Waals surface area (Å²) in [6.07, 6.45) is 0.916. The number of hydrogen-bond acceptors (Lipinski definition) is 5. The van der Waals surface area contributed by atoms with Crippen molar-refractivity contribution in [3.8, 4) is 0 Å². The van der Waals surface area contributed by atoms with Crippen LogP contribution in [0.2, 0.25) is 0 Å². The maximum Gasteiger partial charge on any atom is 0.117 e. The van der Waals surface area contributed by atoms with Crippen LogP contribution in [0, 0.1) is 5.92 Å². The van der Waals surface area contributed by atoms with Crippen LogP contribution in [0.3, 0.4) is 0 Å². The van der Waals surface area contributed by atoms with E-state index >= 15 is 0 Å². The van der Waals surface area contributed by atoms with Crippen molar-refractivity contribution in [2.24, 2.45) is 5.92 Å². The van der Waals surface area contributed by atoms with Crippen molar-refractivity contribution in [2.45, 2.75) is 24.6 Å². The van der Waals surface area contributed by atoms with Crippen LogP contribution in [0.5, 0.6) is 0 Å². The lowest BCUT2D eigenvalue weighted by Crippen LogP contribution is -2.61. The smallest absolute Gasteiger partial charge is 0.117 e. The minimum Gasteiger partial charge on any atom is -0.379 e. The van der Waals surface area contributed by atoms with Gasteiger partial charge in [-0.05, 0) is 13.0 Å². The first-order chi connectivity index (χ1) is 9.88. The zero-order valence-electron chi connectivity index (χ0n) is 12.0. The highest BCUT2D eigenvalue weighted by Crippen LogP contribution is 2.24. The Kier molecular flexibility index (Phi) is 5.23. The summed E-state index contributed by atoms with van der Waals surface area (Å²) in [6, 6.07) is 0.918. The van der Waals surface area contributed by atoms with E-state index in [0.29, 0.717) is 31.2 Å². The van der Waals surface area contributed by atoms with Gasteiger partial charge < -0.3 is 20.1 Å². The minimum atomic E-state index is -0.393. The number of piperidine rings is 1. The van der Waals surface area contributed by atoms with E-state index in [1.165, 1.54) is 6.42 Å². The molecule has 3 fully saturated rings. The molecule has 3 rings (SSSR count). The van der Waals surface area contributed by atoms with Crippen LogP contribution < -0.4 is 10.6 Å². The third kappa shape index (κ3) is 3.31. The average Bonchev–Trinajstić information content (AvgIpc) is 2.56. The predicted octanol–water partition coefficient (Wildman–Crippen LogP) is -0.377. The number of rotatable bonds is 3. The molecule has 0 aromatic heterocycles. The molecule has 0 bridgehead atoms. The number of nitrogens with one attached hydrogen (secondary N) is 2. The fourth-order valence-electron chi connectivity index (χ4n) is 3.66. The number of alkyl halides is 1. The summed E-state index contributed by atoms with van der Waals surface area (Å²) in [5.74, 6) is 0.530. The van der Waals surface area contributed by atoms with E-state index in [2.05, 4.69) is 15.5 Å². The fraction of sp³-hybridized carbons (Fsp3) is 1.00. The number of hydrogen-bond donors (Lipinski definition) is 2. The third-order valence-corrected chi connectivity index (χ3v) is 4.81. The molecule has 3 saturated heterocycles. The molecule has 4 atom stereocenters. The van der Waals surface area contributed by atoms with Gasteiger partial charge in [-0.3, -0.25) is 4.90 Å². The third-order valence-electron chi connectivity index (χ3n) is 4.81. The molecule has 0 spiro atoms. The first-order valence-electron chi connectivity index (χ1n) is 7.82. The highest BCUT2D eigenvalue weighted by atomic mass is 19.1. The quantitative estimate of drug-likeness (QED) is 0.741. The molecule has 0 radical (unpaired) electrons. The van der Waals surface area contributed by atoms with Gasteiger partial charge in [0.2, 0.25) is 0 Å². The van der Waals surface area contributed by atoms with E-state index in [9.17, 15) is 4.39 Å². The maximum absolute atomic E-state index is 12.6. The molecule has 6 heteroatoms. The standard InChI is InChI=1S/C14H26FN3O2/c15-7-11-8-17-13(10-20-11)12-9-16-2-1-14(12)18-3-5-19-6-4-18/h11-14,16-17H,1-10H2. The second-order valence-electron chi connectivity index (χ2n) is 6.00. The van der Waals surface area contributed by atoms with E-state index in [1.807, 2.05) is 0 Å². The van der Waals surface area contributed by atoms with Crippen LogP contribution >= 0.6 is 0 Å². The van der Waals surface area contributed by atoms with E-state index in [1.54, 1.807) is 0 Å². The van der Waals surface area contributed by atoms with Crippen LogP contribution in [0.4, 0.5) is 4.39 Å². The van der Waals surface area contributed by atoms with Gasteiger partial charge in [-0.15, -0.1) is 0 Å². The molecule has 5 nitrogen and oxygen atoms in total. The Labute approximate surface area is 120 Å². The average molecular weight is 287 g/mol.